The third kappa shape index (κ3) is 2.10. The van der Waals surface area contributed by atoms with Crippen molar-refractivity contribution in [2.75, 3.05) is 13.6 Å². The molecule has 0 aromatic carbocycles. The van der Waals surface area contributed by atoms with Crippen LogP contribution >= 0.6 is 0 Å². The van der Waals surface area contributed by atoms with E-state index in [1.54, 1.807) is 18.1 Å². The molecule has 0 aromatic rings. The van der Waals surface area contributed by atoms with Crippen LogP contribution in [0.2, 0.25) is 0 Å². The van der Waals surface area contributed by atoms with E-state index < -0.39 is 0 Å². The molecular formula is C11H16N2O. The van der Waals surface area contributed by atoms with Gasteiger partial charge in [-0.05, 0) is 25.8 Å². The van der Waals surface area contributed by atoms with Gasteiger partial charge in [0.1, 0.15) is 5.71 Å². The molecule has 1 aliphatic rings. The molecule has 1 rings (SSSR count). The van der Waals surface area contributed by atoms with Gasteiger partial charge in [0.15, 0.2) is 0 Å². The van der Waals surface area contributed by atoms with Crippen molar-refractivity contribution < 1.29 is 4.79 Å². The summed E-state index contributed by atoms with van der Waals surface area (Å²) >= 11 is 0. The van der Waals surface area contributed by atoms with Crippen molar-refractivity contribution in [3.8, 4) is 0 Å². The smallest absolute Gasteiger partial charge is 0.272 e. The van der Waals surface area contributed by atoms with E-state index in [0.29, 0.717) is 5.71 Å². The first-order valence-corrected chi connectivity index (χ1v) is 4.80. The Balaban J connectivity index is 2.99. The number of nitrogens with zero attached hydrogens (tertiary/aromatic N) is 2. The van der Waals surface area contributed by atoms with Gasteiger partial charge in [0.25, 0.3) is 5.91 Å². The van der Waals surface area contributed by atoms with E-state index in [1.807, 2.05) is 26.0 Å². The molecular weight excluding hydrogens is 176 g/mol. The standard InChI is InChI=1S/C11H16N2O/c1-4-7-12-10-9(5-2)6-8-13(3)11(10)14/h4-5,7H,6,8H2,1-3H3/b7-4-,9-5-,12-10+. The van der Waals surface area contributed by atoms with Crippen LogP contribution in [0.3, 0.4) is 0 Å². The van der Waals surface area contributed by atoms with Crippen molar-refractivity contribution in [2.24, 2.45) is 4.99 Å². The number of rotatable bonds is 1. The highest BCUT2D eigenvalue weighted by molar-refractivity contribution is 6.45. The largest absolute Gasteiger partial charge is 0.340 e. The molecule has 3 heteroatoms. The molecule has 3 nitrogen and oxygen atoms in total. The molecule has 0 bridgehead atoms. The molecule has 0 unspecified atom stereocenters. The molecule has 0 aliphatic carbocycles. The second kappa shape index (κ2) is 4.74. The number of aliphatic imine (C=N–C) groups is 1. The maximum Gasteiger partial charge on any atom is 0.272 e. The average molecular weight is 192 g/mol. The number of likely N-dealkylation sites (tertiary alicyclic amines) is 1. The molecule has 0 saturated carbocycles. The summed E-state index contributed by atoms with van der Waals surface area (Å²) in [5, 5.41) is 0. The summed E-state index contributed by atoms with van der Waals surface area (Å²) in [6, 6.07) is 0. The van der Waals surface area contributed by atoms with Crippen LogP contribution in [-0.2, 0) is 4.79 Å². The predicted octanol–water partition coefficient (Wildman–Crippen LogP) is 1.77. The summed E-state index contributed by atoms with van der Waals surface area (Å²) in [4.78, 5) is 17.6. The molecule has 0 atom stereocenters. The summed E-state index contributed by atoms with van der Waals surface area (Å²) in [6.45, 7) is 4.61. The van der Waals surface area contributed by atoms with Gasteiger partial charge in [-0.15, -0.1) is 0 Å². The van der Waals surface area contributed by atoms with Gasteiger partial charge in [0.2, 0.25) is 0 Å². The van der Waals surface area contributed by atoms with Crippen LogP contribution in [-0.4, -0.2) is 30.1 Å². The number of hydrogen-bond donors (Lipinski definition) is 0. The summed E-state index contributed by atoms with van der Waals surface area (Å²) in [5.41, 5.74) is 1.63. The van der Waals surface area contributed by atoms with E-state index in [-0.39, 0.29) is 5.91 Å². The Labute approximate surface area is 84.8 Å². The van der Waals surface area contributed by atoms with Crippen LogP contribution in [0.25, 0.3) is 0 Å². The summed E-state index contributed by atoms with van der Waals surface area (Å²) in [6.07, 6.45) is 6.35. The number of allylic oxidation sites excluding steroid dienone is 2. The van der Waals surface area contributed by atoms with Crippen molar-refractivity contribution >= 4 is 11.6 Å². The minimum atomic E-state index is 0.0162. The molecule has 1 fully saturated rings. The van der Waals surface area contributed by atoms with Gasteiger partial charge in [-0.25, -0.2) is 0 Å². The molecule has 1 saturated heterocycles. The van der Waals surface area contributed by atoms with Gasteiger partial charge in [0.05, 0.1) is 0 Å². The minimum Gasteiger partial charge on any atom is -0.340 e. The molecule has 1 aliphatic heterocycles. The van der Waals surface area contributed by atoms with E-state index in [9.17, 15) is 4.79 Å². The van der Waals surface area contributed by atoms with Crippen LogP contribution in [0.4, 0.5) is 0 Å². The second-order valence-corrected chi connectivity index (χ2v) is 3.25. The lowest BCUT2D eigenvalue weighted by molar-refractivity contribution is -0.123. The fourth-order valence-electron chi connectivity index (χ4n) is 1.39. The topological polar surface area (TPSA) is 32.7 Å². The van der Waals surface area contributed by atoms with Crippen molar-refractivity contribution in [3.05, 3.63) is 23.9 Å². The number of carbonyl (C=O) groups excluding carboxylic acids is 1. The number of piperidine rings is 1. The van der Waals surface area contributed by atoms with Gasteiger partial charge in [-0.1, -0.05) is 12.2 Å². The summed E-state index contributed by atoms with van der Waals surface area (Å²) < 4.78 is 0. The maximum atomic E-state index is 11.7. The highest BCUT2D eigenvalue weighted by atomic mass is 16.2. The van der Waals surface area contributed by atoms with E-state index in [2.05, 4.69) is 4.99 Å². The Morgan fingerprint density at radius 1 is 1.43 bits per heavy atom. The van der Waals surface area contributed by atoms with E-state index in [0.717, 1.165) is 18.5 Å². The average Bonchev–Trinajstić information content (AvgIpc) is 2.20. The van der Waals surface area contributed by atoms with Crippen LogP contribution in [0.5, 0.6) is 0 Å². The third-order valence-electron chi connectivity index (χ3n) is 2.27. The fourth-order valence-corrected chi connectivity index (χ4v) is 1.39. The molecule has 0 aromatic heterocycles. The Morgan fingerprint density at radius 3 is 2.71 bits per heavy atom. The monoisotopic (exact) mass is 192 g/mol. The van der Waals surface area contributed by atoms with Crippen LogP contribution in [0, 0.1) is 0 Å². The van der Waals surface area contributed by atoms with E-state index >= 15 is 0 Å². The van der Waals surface area contributed by atoms with Gasteiger partial charge in [-0.2, -0.15) is 0 Å². The molecule has 0 spiro atoms. The quantitative estimate of drug-likeness (QED) is 0.623. The SMILES string of the molecule is C\C=C/N=C1/C(=O)N(C)CC/C1=C/C. The van der Waals surface area contributed by atoms with Crippen molar-refractivity contribution in [2.45, 2.75) is 20.3 Å². The van der Waals surface area contributed by atoms with E-state index in [4.69, 9.17) is 0 Å². The van der Waals surface area contributed by atoms with Crippen LogP contribution < -0.4 is 0 Å². The van der Waals surface area contributed by atoms with E-state index in [1.165, 1.54) is 0 Å². The minimum absolute atomic E-state index is 0.0162. The van der Waals surface area contributed by atoms with Crippen molar-refractivity contribution in [1.29, 1.82) is 0 Å². The highest BCUT2D eigenvalue weighted by Gasteiger charge is 2.24. The Morgan fingerprint density at radius 2 is 2.14 bits per heavy atom. The number of hydrogen-bond acceptors (Lipinski definition) is 2. The van der Waals surface area contributed by atoms with Crippen LogP contribution in [0.1, 0.15) is 20.3 Å². The van der Waals surface area contributed by atoms with Gasteiger partial charge >= 0.3 is 0 Å². The summed E-state index contributed by atoms with van der Waals surface area (Å²) in [5.74, 6) is 0.0162. The first-order valence-electron chi connectivity index (χ1n) is 4.80. The zero-order chi connectivity index (χ0) is 10.6. The molecule has 76 valence electrons. The normalized spacial score (nSPS) is 24.2. The van der Waals surface area contributed by atoms with Gasteiger partial charge in [0, 0.05) is 19.8 Å². The molecule has 0 N–H and O–H groups in total. The lowest BCUT2D eigenvalue weighted by atomic mass is 10.0. The Bertz CT molecular complexity index is 313. The maximum absolute atomic E-state index is 11.7. The first kappa shape index (κ1) is 10.7. The lowest BCUT2D eigenvalue weighted by Crippen LogP contribution is -2.40. The van der Waals surface area contributed by atoms with Crippen molar-refractivity contribution in [1.82, 2.24) is 4.90 Å². The molecule has 1 heterocycles. The number of carbonyl (C=O) groups is 1. The molecule has 1 amide bonds. The van der Waals surface area contributed by atoms with Gasteiger partial charge < -0.3 is 4.90 Å². The van der Waals surface area contributed by atoms with Gasteiger partial charge in [-0.3, -0.25) is 9.79 Å². The highest BCUT2D eigenvalue weighted by Crippen LogP contribution is 2.14. The third-order valence-corrected chi connectivity index (χ3v) is 2.27. The first-order chi connectivity index (χ1) is 6.70. The Hall–Kier alpha value is -1.38. The predicted molar refractivity (Wildman–Crippen MR) is 58.3 cm³/mol. The van der Waals surface area contributed by atoms with Crippen LogP contribution in [0.15, 0.2) is 28.9 Å². The summed E-state index contributed by atoms with van der Waals surface area (Å²) in [7, 11) is 1.81. The zero-order valence-electron chi connectivity index (χ0n) is 8.95. The lowest BCUT2D eigenvalue weighted by Gasteiger charge is -2.25. The zero-order valence-corrected chi connectivity index (χ0v) is 8.95. The number of amides is 1. The van der Waals surface area contributed by atoms with Crippen molar-refractivity contribution in [3.63, 3.8) is 0 Å². The Kier molecular flexibility index (Phi) is 3.63. The fraction of sp³-hybridized carbons (Fsp3) is 0.455. The molecule has 0 radical (unpaired) electrons. The second-order valence-electron chi connectivity index (χ2n) is 3.25. The molecule has 14 heavy (non-hydrogen) atoms.